The van der Waals surface area contributed by atoms with E-state index in [4.69, 9.17) is 28.4 Å². The van der Waals surface area contributed by atoms with Crippen LogP contribution in [0, 0.1) is 13.8 Å². The number of hydrogen-bond donors (Lipinski definition) is 0. The lowest BCUT2D eigenvalue weighted by Crippen LogP contribution is -2.53. The third-order valence-corrected chi connectivity index (χ3v) is 21.7. The Labute approximate surface area is 677 Å². The normalized spacial score (nSPS) is 12.9. The molecule has 2 atom stereocenters. The van der Waals surface area contributed by atoms with Gasteiger partial charge < -0.3 is 28.4 Å². The van der Waals surface area contributed by atoms with Gasteiger partial charge in [0.2, 0.25) is 0 Å². The van der Waals surface area contributed by atoms with Crippen molar-refractivity contribution >= 4 is 78.7 Å². The van der Waals surface area contributed by atoms with Crippen molar-refractivity contribution in [1.29, 1.82) is 0 Å². The van der Waals surface area contributed by atoms with Gasteiger partial charge in [-0.3, -0.25) is 38.9 Å². The number of amides is 4. The number of imide groups is 2. The summed E-state index contributed by atoms with van der Waals surface area (Å²) < 4.78 is 42.2. The average Bonchev–Trinajstić information content (AvgIpc) is 0.669. The summed E-state index contributed by atoms with van der Waals surface area (Å²) in [6, 6.07) is 92.8. The summed E-state index contributed by atoms with van der Waals surface area (Å²) in [7, 11) is 0. The quantitative estimate of drug-likeness (QED) is 0.0205. The Balaban J connectivity index is 0.933. The number of rotatable bonds is 22. The molecule has 16 heteroatoms. The Hall–Kier alpha value is -15.7. The molecule has 4 amide bonds. The second-order valence-electron chi connectivity index (χ2n) is 29.2. The molecule has 16 nitrogen and oxygen atoms in total. The highest BCUT2D eigenvalue weighted by molar-refractivity contribution is 6.45. The first kappa shape index (κ1) is 72.6. The number of fused-ring (bicyclic) bond motifs is 2. The van der Waals surface area contributed by atoms with Crippen molar-refractivity contribution in [2.75, 3.05) is 0 Å². The number of pyridine rings is 2. The Bertz CT molecular complexity index is 6060. The molecule has 0 saturated heterocycles. The Kier molecular flexibility index (Phi) is 18.9. The summed E-state index contributed by atoms with van der Waals surface area (Å²) in [5.41, 5.74) is 9.94. The Morgan fingerprint density at radius 1 is 0.271 bits per heavy atom. The summed E-state index contributed by atoms with van der Waals surface area (Å²) in [6.45, 7) is 3.81. The number of esters is 2. The zero-order chi connectivity index (χ0) is 80.1. The van der Waals surface area contributed by atoms with Gasteiger partial charge in [-0.25, -0.2) is 9.59 Å². The van der Waals surface area contributed by atoms with Crippen LogP contribution in [0.15, 0.2) is 340 Å². The van der Waals surface area contributed by atoms with Gasteiger partial charge in [0.15, 0.2) is 0 Å². The molecule has 2 aromatic heterocycles. The van der Waals surface area contributed by atoms with Crippen molar-refractivity contribution < 1.29 is 57.2 Å². The highest BCUT2D eigenvalue weighted by Gasteiger charge is 2.47. The van der Waals surface area contributed by atoms with Crippen LogP contribution in [-0.4, -0.2) is 67.4 Å². The van der Waals surface area contributed by atoms with Crippen molar-refractivity contribution in [1.82, 2.24) is 19.8 Å². The van der Waals surface area contributed by atoms with Gasteiger partial charge in [-0.05, 0) is 191 Å². The fourth-order valence-electron chi connectivity index (χ4n) is 15.9. The van der Waals surface area contributed by atoms with Crippen LogP contribution in [0.2, 0.25) is 0 Å². The molecular weight excluding hydrogens is 1470 g/mol. The van der Waals surface area contributed by atoms with Gasteiger partial charge in [-0.1, -0.05) is 205 Å². The summed E-state index contributed by atoms with van der Waals surface area (Å²) >= 11 is 0. The summed E-state index contributed by atoms with van der Waals surface area (Å²) in [5.74, 6) is -3.58. The predicted molar refractivity (Wildman–Crippen MR) is 454 cm³/mol. The zero-order valence-electron chi connectivity index (χ0n) is 63.6. The number of benzene rings is 15. The molecule has 0 radical (unpaired) electrons. The molecular formula is C102H68N4O12. The van der Waals surface area contributed by atoms with E-state index in [0.29, 0.717) is 34.1 Å². The first-order chi connectivity index (χ1) is 57.8. The van der Waals surface area contributed by atoms with Crippen molar-refractivity contribution in [3.63, 3.8) is 0 Å². The summed E-state index contributed by atoms with van der Waals surface area (Å²) in [5, 5.41) is 1.65. The van der Waals surface area contributed by atoms with Crippen LogP contribution in [-0.2, 0) is 22.4 Å². The number of hydrogen-bond acceptors (Lipinski definition) is 14. The molecule has 0 fully saturated rings. The third-order valence-electron chi connectivity index (χ3n) is 21.7. The maximum Gasteiger partial charge on any atom is 0.335 e. The van der Waals surface area contributed by atoms with E-state index in [-0.39, 0.29) is 113 Å². The van der Waals surface area contributed by atoms with Crippen LogP contribution in [0.5, 0.6) is 57.5 Å². The van der Waals surface area contributed by atoms with Gasteiger partial charge in [0.05, 0.1) is 22.3 Å². The molecule has 0 N–H and O–H groups in total. The first-order valence-electron chi connectivity index (χ1n) is 38.6. The van der Waals surface area contributed by atoms with Gasteiger partial charge in [0.1, 0.15) is 69.6 Å². The molecule has 0 saturated carbocycles. The lowest BCUT2D eigenvalue weighted by Gasteiger charge is -2.35. The van der Waals surface area contributed by atoms with Gasteiger partial charge in [-0.2, -0.15) is 0 Å². The molecule has 4 heterocycles. The summed E-state index contributed by atoms with van der Waals surface area (Å²) in [6.07, 6.45) is 5.87. The predicted octanol–water partition coefficient (Wildman–Crippen LogP) is 22.6. The smallest absolute Gasteiger partial charge is 0.335 e. The molecule has 19 rings (SSSR count). The number of carbonyl (C=O) groups is 6. The molecule has 2 aliphatic heterocycles. The van der Waals surface area contributed by atoms with E-state index in [1.807, 2.05) is 232 Å². The van der Waals surface area contributed by atoms with E-state index in [1.54, 1.807) is 122 Å². The van der Waals surface area contributed by atoms with E-state index in [2.05, 4.69) is 9.97 Å². The molecule has 2 aliphatic rings. The molecule has 0 bridgehead atoms. The Morgan fingerprint density at radius 2 is 0.500 bits per heavy atom. The number of ether oxygens (including phenoxy) is 6. The molecule has 118 heavy (non-hydrogen) atoms. The fourth-order valence-corrected chi connectivity index (χ4v) is 15.9. The van der Waals surface area contributed by atoms with Crippen LogP contribution in [0.3, 0.4) is 0 Å². The standard InChI is InChI=1S/C102H68N4O12/c1-61-23-35-77(36-24-61)117-101(111)83(55-63-47-51-103-52-48-63)105-97(107)79-57-85(113-73-39-27-69(28-40-73)65-15-7-3-8-16-65)91-93-87(115-75-43-31-71(32-44-75)67-19-11-5-12-20-67)59-81-90-82(100(110)106(99(81)109)84(56-64-49-53-104-54-50-64)102(112)118-78-37-25-62(2)26-38-78)60-88(116-76-45-33-72(34-46-76)68-21-13-6-14-22-68)94(96(90)93)92-86(58-80(98(105)108)89(79)95(91)92)114-74-41-29-70(30-42-74)66-17-9-4-10-18-66/h3-54,57-60,83-84H,55-56H2,1-2H3. The number of aromatic nitrogens is 2. The van der Waals surface area contributed by atoms with Crippen molar-refractivity contribution in [3.8, 4) is 102 Å². The minimum atomic E-state index is -1.61. The van der Waals surface area contributed by atoms with Crippen molar-refractivity contribution in [2.45, 2.75) is 38.8 Å². The fraction of sp³-hybridized carbons (Fsp3) is 0.0588. The maximum absolute atomic E-state index is 16.8. The van der Waals surface area contributed by atoms with E-state index < -0.39 is 47.7 Å². The van der Waals surface area contributed by atoms with Crippen molar-refractivity contribution in [3.05, 3.63) is 385 Å². The van der Waals surface area contributed by atoms with Gasteiger partial charge >= 0.3 is 11.9 Å². The first-order valence-corrected chi connectivity index (χ1v) is 38.6. The molecule has 2 unspecified atom stereocenters. The topological polar surface area (TPSA) is 190 Å². The lowest BCUT2D eigenvalue weighted by atomic mass is 9.80. The Morgan fingerprint density at radius 3 is 0.746 bits per heavy atom. The molecule has 0 aliphatic carbocycles. The second-order valence-corrected chi connectivity index (χ2v) is 29.2. The lowest BCUT2D eigenvalue weighted by molar-refractivity contribution is -0.139. The van der Waals surface area contributed by atoms with Crippen LogP contribution in [0.4, 0.5) is 0 Å². The largest absolute Gasteiger partial charge is 0.457 e. The number of nitrogens with zero attached hydrogens (tertiary/aromatic N) is 4. The van der Waals surface area contributed by atoms with Gasteiger partial charge in [0.25, 0.3) is 23.6 Å². The molecule has 17 aromatic rings. The number of aryl methyl sites for hydroxylation is 2. The maximum atomic E-state index is 16.8. The van der Waals surface area contributed by atoms with Gasteiger partial charge in [0, 0.05) is 80.7 Å². The van der Waals surface area contributed by atoms with E-state index in [9.17, 15) is 0 Å². The van der Waals surface area contributed by atoms with Crippen LogP contribution < -0.4 is 28.4 Å². The van der Waals surface area contributed by atoms with E-state index in [0.717, 1.165) is 65.4 Å². The summed E-state index contributed by atoms with van der Waals surface area (Å²) in [4.78, 5) is 109. The SMILES string of the molecule is Cc1ccc(OC(=O)C(Cc2ccncc2)N2C(=O)c3cc(Oc4ccc(-c5ccccc5)cc4)c4c5c(Oc6ccc(-c7ccccc7)cc6)cc6c7c(cc(Oc8ccc(-c9ccccc9)cc8)c(c8c(Oc9ccc(-c%10ccccc%10)cc9)cc(c3c48)C2=O)c75)C(=O)N(C(Cc2ccncc2)C(=O)Oc2ccc(C)cc2)C6=O)cc1. The monoisotopic (exact) mass is 1540 g/mol. The van der Waals surface area contributed by atoms with Gasteiger partial charge in [-0.15, -0.1) is 0 Å². The van der Waals surface area contributed by atoms with E-state index >= 15 is 28.8 Å². The van der Waals surface area contributed by atoms with Crippen LogP contribution in [0.1, 0.15) is 63.7 Å². The van der Waals surface area contributed by atoms with Crippen molar-refractivity contribution in [2.24, 2.45) is 0 Å². The highest BCUT2D eigenvalue weighted by atomic mass is 16.5. The molecule has 0 spiro atoms. The van der Waals surface area contributed by atoms with Crippen LogP contribution in [0.25, 0.3) is 87.6 Å². The zero-order valence-corrected chi connectivity index (χ0v) is 63.6. The molecule has 568 valence electrons. The third kappa shape index (κ3) is 13.7. The highest BCUT2D eigenvalue weighted by Crippen LogP contribution is 2.59. The minimum absolute atomic E-state index is 0.0306. The minimum Gasteiger partial charge on any atom is -0.457 e. The number of carbonyl (C=O) groups excluding carboxylic acids is 6. The molecule has 15 aromatic carbocycles. The van der Waals surface area contributed by atoms with Crippen LogP contribution >= 0.6 is 0 Å². The average molecular weight is 1540 g/mol. The van der Waals surface area contributed by atoms with E-state index in [1.165, 1.54) is 0 Å². The second kappa shape index (κ2) is 30.7.